The number of hydrogen-bond donors (Lipinski definition) is 3. The van der Waals surface area contributed by atoms with Gasteiger partial charge in [0, 0.05) is 6.07 Å². The maximum Gasteiger partial charge on any atom is 0.339 e. The lowest BCUT2D eigenvalue weighted by Gasteiger charge is -2.10. The highest BCUT2D eigenvalue weighted by Crippen LogP contribution is 2.24. The van der Waals surface area contributed by atoms with Gasteiger partial charge in [-0.3, -0.25) is 0 Å². The smallest absolute Gasteiger partial charge is 0.339 e. The molecule has 7 nitrogen and oxygen atoms in total. The van der Waals surface area contributed by atoms with Crippen LogP contribution in [0.1, 0.15) is 16.1 Å². The first-order valence-electron chi connectivity index (χ1n) is 5.54. The number of anilines is 1. The predicted octanol–water partition coefficient (Wildman–Crippen LogP) is 2.35. The maximum absolute atomic E-state index is 11.7. The molecule has 20 heavy (non-hydrogen) atoms. The summed E-state index contributed by atoms with van der Waals surface area (Å²) in [5, 5.41) is 17.7. The number of benzene rings is 1. The molecule has 0 atom stereocenters. The molecule has 0 unspecified atom stereocenters. The summed E-state index contributed by atoms with van der Waals surface area (Å²) in [6.07, 6.45) is 1.38. The van der Waals surface area contributed by atoms with Gasteiger partial charge >= 0.3 is 12.0 Å². The number of nitrogens with one attached hydrogen (secondary N) is 2. The molecule has 0 aliphatic heterocycles. The third kappa shape index (κ3) is 3.27. The summed E-state index contributed by atoms with van der Waals surface area (Å²) < 4.78 is 4.61. The number of halogens is 1. The van der Waals surface area contributed by atoms with Crippen molar-refractivity contribution in [1.29, 1.82) is 0 Å². The Morgan fingerprint density at radius 3 is 2.80 bits per heavy atom. The summed E-state index contributed by atoms with van der Waals surface area (Å²) in [6, 6.07) is 5.46. The summed E-state index contributed by atoms with van der Waals surface area (Å²) in [4.78, 5) is 22.8. The molecule has 0 aliphatic rings. The lowest BCUT2D eigenvalue weighted by molar-refractivity contribution is 0.0698. The lowest BCUT2D eigenvalue weighted by atomic mass is 10.2. The summed E-state index contributed by atoms with van der Waals surface area (Å²) >= 11 is 5.79. The minimum atomic E-state index is -1.22. The molecule has 8 heteroatoms. The number of carboxylic acid groups (broad SMARTS) is 1. The van der Waals surface area contributed by atoms with Crippen LogP contribution in [-0.4, -0.2) is 22.3 Å². The molecule has 0 radical (unpaired) electrons. The fourth-order valence-electron chi connectivity index (χ4n) is 1.51. The number of amides is 2. The fraction of sp³-hybridized carbons (Fsp3) is 0.0833. The molecule has 0 aliphatic carbocycles. The van der Waals surface area contributed by atoms with E-state index < -0.39 is 12.0 Å². The van der Waals surface area contributed by atoms with Crippen molar-refractivity contribution in [3.63, 3.8) is 0 Å². The molecule has 1 heterocycles. The maximum atomic E-state index is 11.7. The second-order valence-corrected chi connectivity index (χ2v) is 4.17. The minimum absolute atomic E-state index is 0.0480. The summed E-state index contributed by atoms with van der Waals surface area (Å²) in [5.41, 5.74) is 0.498. The number of hydrogen-bond acceptors (Lipinski definition) is 4. The summed E-state index contributed by atoms with van der Waals surface area (Å²) in [7, 11) is 0. The van der Waals surface area contributed by atoms with Gasteiger partial charge < -0.3 is 20.3 Å². The van der Waals surface area contributed by atoms with Gasteiger partial charge in [0.05, 0.1) is 17.3 Å². The SMILES string of the molecule is O=C(NCc1ccon1)Nc1cccc(Cl)c1C(=O)O. The van der Waals surface area contributed by atoms with Gasteiger partial charge in [-0.1, -0.05) is 22.8 Å². The van der Waals surface area contributed by atoms with Crippen LogP contribution >= 0.6 is 11.6 Å². The normalized spacial score (nSPS) is 10.1. The first-order chi connectivity index (χ1) is 9.58. The van der Waals surface area contributed by atoms with Crippen molar-refractivity contribution in [2.45, 2.75) is 6.54 Å². The van der Waals surface area contributed by atoms with Gasteiger partial charge in [-0.25, -0.2) is 9.59 Å². The molecule has 1 aromatic carbocycles. The van der Waals surface area contributed by atoms with E-state index in [1.807, 2.05) is 0 Å². The first kappa shape index (κ1) is 13.9. The molecule has 104 valence electrons. The number of aromatic carboxylic acids is 1. The summed E-state index contributed by atoms with van der Waals surface area (Å²) in [6.45, 7) is 0.158. The largest absolute Gasteiger partial charge is 0.478 e. The molecule has 1 aromatic heterocycles. The zero-order valence-electron chi connectivity index (χ0n) is 10.1. The Balaban J connectivity index is 2.04. The summed E-state index contributed by atoms with van der Waals surface area (Å²) in [5.74, 6) is -1.22. The average Bonchev–Trinajstić information content (AvgIpc) is 2.89. The van der Waals surface area contributed by atoms with Crippen molar-refractivity contribution >= 4 is 29.3 Å². The predicted molar refractivity (Wildman–Crippen MR) is 70.8 cm³/mol. The van der Waals surface area contributed by atoms with E-state index in [1.54, 1.807) is 12.1 Å². The van der Waals surface area contributed by atoms with Crippen LogP contribution in [0.2, 0.25) is 5.02 Å². The Kier molecular flexibility index (Phi) is 4.21. The molecule has 0 fully saturated rings. The van der Waals surface area contributed by atoms with Gasteiger partial charge in [0.1, 0.15) is 17.5 Å². The van der Waals surface area contributed by atoms with E-state index in [9.17, 15) is 9.59 Å². The van der Waals surface area contributed by atoms with Crippen molar-refractivity contribution < 1.29 is 19.2 Å². The molecule has 2 rings (SSSR count). The molecule has 0 saturated heterocycles. The van der Waals surface area contributed by atoms with Crippen LogP contribution < -0.4 is 10.6 Å². The van der Waals surface area contributed by atoms with Crippen molar-refractivity contribution in [2.24, 2.45) is 0 Å². The highest BCUT2D eigenvalue weighted by Gasteiger charge is 2.16. The standard InChI is InChI=1S/C12H10ClN3O4/c13-8-2-1-3-9(10(8)11(17)18)15-12(19)14-6-7-4-5-20-16-7/h1-5H,6H2,(H,17,18)(H2,14,15,19). The molecular weight excluding hydrogens is 286 g/mol. The van der Waals surface area contributed by atoms with Crippen molar-refractivity contribution in [1.82, 2.24) is 10.5 Å². The third-order valence-corrected chi connectivity index (χ3v) is 2.71. The van der Waals surface area contributed by atoms with E-state index in [0.29, 0.717) is 5.69 Å². The zero-order valence-corrected chi connectivity index (χ0v) is 10.8. The highest BCUT2D eigenvalue weighted by molar-refractivity contribution is 6.34. The molecule has 0 saturated carbocycles. The van der Waals surface area contributed by atoms with Gasteiger partial charge in [0.25, 0.3) is 0 Å². The second-order valence-electron chi connectivity index (χ2n) is 3.77. The van der Waals surface area contributed by atoms with Crippen LogP contribution in [-0.2, 0) is 6.54 Å². The van der Waals surface area contributed by atoms with Crippen LogP contribution in [0.15, 0.2) is 35.1 Å². The van der Waals surface area contributed by atoms with Crippen LogP contribution in [0.5, 0.6) is 0 Å². The van der Waals surface area contributed by atoms with Crippen molar-refractivity contribution in [3.8, 4) is 0 Å². The monoisotopic (exact) mass is 295 g/mol. The molecular formula is C12H10ClN3O4. The van der Waals surface area contributed by atoms with E-state index in [1.165, 1.54) is 18.4 Å². The van der Waals surface area contributed by atoms with Crippen LogP contribution in [0.4, 0.5) is 10.5 Å². The lowest BCUT2D eigenvalue weighted by Crippen LogP contribution is -2.29. The second kappa shape index (κ2) is 6.07. The van der Waals surface area contributed by atoms with Gasteiger partial charge in [0.15, 0.2) is 0 Å². The molecule has 0 spiro atoms. The van der Waals surface area contributed by atoms with Crippen LogP contribution in [0.3, 0.4) is 0 Å². The van der Waals surface area contributed by atoms with Gasteiger partial charge in [0.2, 0.25) is 0 Å². The Hall–Kier alpha value is -2.54. The Morgan fingerprint density at radius 1 is 1.35 bits per heavy atom. The minimum Gasteiger partial charge on any atom is -0.478 e. The van der Waals surface area contributed by atoms with E-state index >= 15 is 0 Å². The van der Waals surface area contributed by atoms with Crippen LogP contribution in [0, 0.1) is 0 Å². The highest BCUT2D eigenvalue weighted by atomic mass is 35.5. The molecule has 0 bridgehead atoms. The fourth-order valence-corrected chi connectivity index (χ4v) is 1.77. The number of nitrogens with zero attached hydrogens (tertiary/aromatic N) is 1. The van der Waals surface area contributed by atoms with Gasteiger partial charge in [-0.05, 0) is 12.1 Å². The number of carbonyl (C=O) groups excluding carboxylic acids is 1. The van der Waals surface area contributed by atoms with Gasteiger partial charge in [-0.2, -0.15) is 0 Å². The number of carboxylic acids is 1. The van der Waals surface area contributed by atoms with Crippen LogP contribution in [0.25, 0.3) is 0 Å². The topological polar surface area (TPSA) is 104 Å². The number of aromatic nitrogens is 1. The Morgan fingerprint density at radius 2 is 2.15 bits per heavy atom. The average molecular weight is 296 g/mol. The van der Waals surface area contributed by atoms with E-state index in [4.69, 9.17) is 16.7 Å². The first-order valence-corrected chi connectivity index (χ1v) is 5.91. The third-order valence-electron chi connectivity index (χ3n) is 2.40. The molecule has 2 amide bonds. The zero-order chi connectivity index (χ0) is 14.5. The Bertz CT molecular complexity index is 628. The Labute approximate surface area is 118 Å². The van der Waals surface area contributed by atoms with Crippen molar-refractivity contribution in [3.05, 3.63) is 46.8 Å². The van der Waals surface area contributed by atoms with E-state index in [2.05, 4.69) is 20.3 Å². The number of rotatable bonds is 4. The molecule has 2 aromatic rings. The van der Waals surface area contributed by atoms with E-state index in [0.717, 1.165) is 0 Å². The van der Waals surface area contributed by atoms with E-state index in [-0.39, 0.29) is 22.8 Å². The quantitative estimate of drug-likeness (QED) is 0.803. The van der Waals surface area contributed by atoms with Gasteiger partial charge in [-0.15, -0.1) is 0 Å². The number of urea groups is 1. The van der Waals surface area contributed by atoms with Crippen molar-refractivity contribution in [2.75, 3.05) is 5.32 Å². The molecule has 3 N–H and O–H groups in total. The number of carbonyl (C=O) groups is 2.